The van der Waals surface area contributed by atoms with Gasteiger partial charge in [-0.15, -0.1) is 0 Å². The van der Waals surface area contributed by atoms with Gasteiger partial charge in [0.05, 0.1) is 17.6 Å². The molecule has 0 saturated carbocycles. The number of rotatable bonds is 2. The Hall–Kier alpha value is -1.51. The fraction of sp³-hybridized carbons (Fsp3) is 0.364. The highest BCUT2D eigenvalue weighted by molar-refractivity contribution is 5.64. The third-order valence-electron chi connectivity index (χ3n) is 2.48. The molecule has 74 valence electrons. The van der Waals surface area contributed by atoms with Crippen molar-refractivity contribution in [1.82, 2.24) is 4.98 Å². The molecule has 3 nitrogen and oxygen atoms in total. The van der Waals surface area contributed by atoms with Crippen LogP contribution in [0.3, 0.4) is 0 Å². The van der Waals surface area contributed by atoms with E-state index in [2.05, 4.69) is 22.5 Å². The largest absolute Gasteiger partial charge is 0.396 e. The van der Waals surface area contributed by atoms with Crippen LogP contribution in [0.15, 0.2) is 30.6 Å². The SMILES string of the molecule is Nc1cnccc1NC1CC=CCC1. The summed E-state index contributed by atoms with van der Waals surface area (Å²) in [6, 6.07) is 2.44. The number of allylic oxidation sites excluding steroid dienone is 1. The average Bonchev–Trinajstić information content (AvgIpc) is 2.23. The van der Waals surface area contributed by atoms with Crippen LogP contribution < -0.4 is 11.1 Å². The molecular formula is C11H15N3. The minimum absolute atomic E-state index is 0.518. The molecule has 1 aliphatic rings. The van der Waals surface area contributed by atoms with Gasteiger partial charge in [-0.1, -0.05) is 12.2 Å². The fourth-order valence-corrected chi connectivity index (χ4v) is 1.68. The maximum absolute atomic E-state index is 5.79. The molecule has 0 saturated heterocycles. The van der Waals surface area contributed by atoms with Crippen LogP contribution in [0.4, 0.5) is 11.4 Å². The number of nitrogens with one attached hydrogen (secondary N) is 1. The van der Waals surface area contributed by atoms with Crippen LogP contribution in [0, 0.1) is 0 Å². The Morgan fingerprint density at radius 3 is 3.07 bits per heavy atom. The Bertz CT molecular complexity index is 333. The lowest BCUT2D eigenvalue weighted by molar-refractivity contribution is 0.645. The number of hydrogen-bond acceptors (Lipinski definition) is 3. The molecule has 0 bridgehead atoms. The molecule has 14 heavy (non-hydrogen) atoms. The Kier molecular flexibility index (Phi) is 2.68. The average molecular weight is 189 g/mol. The van der Waals surface area contributed by atoms with Crippen molar-refractivity contribution in [2.75, 3.05) is 11.1 Å². The van der Waals surface area contributed by atoms with Crippen molar-refractivity contribution in [2.45, 2.75) is 25.3 Å². The fourth-order valence-electron chi connectivity index (χ4n) is 1.68. The zero-order valence-corrected chi connectivity index (χ0v) is 8.11. The smallest absolute Gasteiger partial charge is 0.0736 e. The summed E-state index contributed by atoms with van der Waals surface area (Å²) in [4.78, 5) is 3.96. The van der Waals surface area contributed by atoms with E-state index in [1.807, 2.05) is 6.07 Å². The van der Waals surface area contributed by atoms with Gasteiger partial charge in [0.25, 0.3) is 0 Å². The van der Waals surface area contributed by atoms with Gasteiger partial charge < -0.3 is 11.1 Å². The van der Waals surface area contributed by atoms with E-state index in [0.29, 0.717) is 6.04 Å². The predicted octanol–water partition coefficient (Wildman–Crippen LogP) is 2.18. The first-order valence-electron chi connectivity index (χ1n) is 4.97. The lowest BCUT2D eigenvalue weighted by atomic mass is 10.0. The normalized spacial score (nSPS) is 20.7. The van der Waals surface area contributed by atoms with Gasteiger partial charge >= 0.3 is 0 Å². The second kappa shape index (κ2) is 4.13. The maximum atomic E-state index is 5.79. The number of anilines is 2. The second-order valence-corrected chi connectivity index (χ2v) is 3.59. The first kappa shape index (κ1) is 9.06. The van der Waals surface area contributed by atoms with Crippen LogP contribution in [0.1, 0.15) is 19.3 Å². The highest BCUT2D eigenvalue weighted by Crippen LogP contribution is 2.21. The van der Waals surface area contributed by atoms with E-state index in [1.165, 1.54) is 6.42 Å². The van der Waals surface area contributed by atoms with Gasteiger partial charge in [0.15, 0.2) is 0 Å². The number of nitrogen functional groups attached to an aromatic ring is 1. The summed E-state index contributed by atoms with van der Waals surface area (Å²) >= 11 is 0. The molecule has 0 spiro atoms. The Morgan fingerprint density at radius 1 is 1.43 bits per heavy atom. The summed E-state index contributed by atoms with van der Waals surface area (Å²) in [7, 11) is 0. The lowest BCUT2D eigenvalue weighted by Gasteiger charge is -2.21. The molecule has 0 radical (unpaired) electrons. The van der Waals surface area contributed by atoms with Gasteiger partial charge in [-0.3, -0.25) is 4.98 Å². The number of hydrogen-bond donors (Lipinski definition) is 2. The van der Waals surface area contributed by atoms with Crippen molar-refractivity contribution in [1.29, 1.82) is 0 Å². The van der Waals surface area contributed by atoms with Crippen LogP contribution in [-0.2, 0) is 0 Å². The quantitative estimate of drug-likeness (QED) is 0.701. The molecule has 0 aliphatic heterocycles. The minimum Gasteiger partial charge on any atom is -0.396 e. The van der Waals surface area contributed by atoms with Crippen LogP contribution in [0.25, 0.3) is 0 Å². The van der Waals surface area contributed by atoms with Gasteiger partial charge in [-0.25, -0.2) is 0 Å². The highest BCUT2D eigenvalue weighted by atomic mass is 14.9. The van der Waals surface area contributed by atoms with Crippen molar-refractivity contribution in [3.05, 3.63) is 30.6 Å². The lowest BCUT2D eigenvalue weighted by Crippen LogP contribution is -2.20. The summed E-state index contributed by atoms with van der Waals surface area (Å²) < 4.78 is 0. The molecule has 3 heteroatoms. The van der Waals surface area contributed by atoms with Crippen molar-refractivity contribution < 1.29 is 0 Å². The standard InChI is InChI=1S/C11H15N3/c12-10-8-13-7-6-11(10)14-9-4-2-1-3-5-9/h1-2,6-9H,3-5,12H2,(H,13,14). The van der Waals surface area contributed by atoms with Gasteiger partial charge in [0.2, 0.25) is 0 Å². The molecule has 1 aliphatic carbocycles. The molecule has 1 aromatic heterocycles. The third kappa shape index (κ3) is 2.05. The molecule has 1 heterocycles. The monoisotopic (exact) mass is 189 g/mol. The van der Waals surface area contributed by atoms with Gasteiger partial charge in [-0.2, -0.15) is 0 Å². The molecule has 0 amide bonds. The maximum Gasteiger partial charge on any atom is 0.0736 e. The minimum atomic E-state index is 0.518. The summed E-state index contributed by atoms with van der Waals surface area (Å²) in [6.07, 6.45) is 11.3. The van der Waals surface area contributed by atoms with Crippen molar-refractivity contribution >= 4 is 11.4 Å². The van der Waals surface area contributed by atoms with Crippen LogP contribution in [-0.4, -0.2) is 11.0 Å². The Balaban J connectivity index is 2.03. The molecular weight excluding hydrogens is 174 g/mol. The van der Waals surface area contributed by atoms with Crippen molar-refractivity contribution in [3.63, 3.8) is 0 Å². The van der Waals surface area contributed by atoms with Crippen molar-refractivity contribution in [3.8, 4) is 0 Å². The second-order valence-electron chi connectivity index (χ2n) is 3.59. The van der Waals surface area contributed by atoms with E-state index >= 15 is 0 Å². The highest BCUT2D eigenvalue weighted by Gasteiger charge is 2.10. The molecule has 1 unspecified atom stereocenters. The first-order chi connectivity index (χ1) is 6.86. The summed E-state index contributed by atoms with van der Waals surface area (Å²) in [6.45, 7) is 0. The molecule has 0 fully saturated rings. The molecule has 2 rings (SSSR count). The summed E-state index contributed by atoms with van der Waals surface area (Å²) in [5.41, 5.74) is 7.52. The van der Waals surface area contributed by atoms with Crippen LogP contribution in [0.2, 0.25) is 0 Å². The number of aromatic nitrogens is 1. The zero-order chi connectivity index (χ0) is 9.80. The molecule has 3 N–H and O–H groups in total. The molecule has 1 atom stereocenters. The number of pyridine rings is 1. The predicted molar refractivity (Wildman–Crippen MR) is 59.1 cm³/mol. The van der Waals surface area contributed by atoms with Crippen molar-refractivity contribution in [2.24, 2.45) is 0 Å². The van der Waals surface area contributed by atoms with E-state index in [0.717, 1.165) is 24.2 Å². The van der Waals surface area contributed by atoms with Crippen LogP contribution >= 0.6 is 0 Å². The van der Waals surface area contributed by atoms with E-state index in [4.69, 9.17) is 5.73 Å². The van der Waals surface area contributed by atoms with Gasteiger partial charge in [0, 0.05) is 12.2 Å². The summed E-state index contributed by atoms with van der Waals surface area (Å²) in [5, 5.41) is 3.43. The van der Waals surface area contributed by atoms with E-state index in [-0.39, 0.29) is 0 Å². The third-order valence-corrected chi connectivity index (χ3v) is 2.48. The molecule has 1 aromatic rings. The Morgan fingerprint density at radius 2 is 2.36 bits per heavy atom. The molecule has 0 aromatic carbocycles. The van der Waals surface area contributed by atoms with E-state index in [1.54, 1.807) is 12.4 Å². The summed E-state index contributed by atoms with van der Waals surface area (Å²) in [5.74, 6) is 0. The number of nitrogens with zero attached hydrogens (tertiary/aromatic N) is 1. The van der Waals surface area contributed by atoms with E-state index in [9.17, 15) is 0 Å². The van der Waals surface area contributed by atoms with Gasteiger partial charge in [-0.05, 0) is 25.3 Å². The topological polar surface area (TPSA) is 50.9 Å². The Labute approximate surface area is 84.0 Å². The number of nitrogens with two attached hydrogens (primary N) is 1. The van der Waals surface area contributed by atoms with E-state index < -0.39 is 0 Å². The zero-order valence-electron chi connectivity index (χ0n) is 8.11. The van der Waals surface area contributed by atoms with Crippen LogP contribution in [0.5, 0.6) is 0 Å². The van der Waals surface area contributed by atoms with Gasteiger partial charge in [0.1, 0.15) is 0 Å². The first-order valence-corrected chi connectivity index (χ1v) is 4.97.